The predicted molar refractivity (Wildman–Crippen MR) is 83.7 cm³/mol. The molecule has 0 aliphatic heterocycles. The number of aromatic nitrogens is 2. The molecule has 0 radical (unpaired) electrons. The van der Waals surface area contributed by atoms with Crippen molar-refractivity contribution in [2.75, 3.05) is 11.9 Å². The van der Waals surface area contributed by atoms with E-state index in [9.17, 15) is 0 Å². The molecule has 0 amide bonds. The van der Waals surface area contributed by atoms with Crippen LogP contribution in [0.3, 0.4) is 0 Å². The lowest BCUT2D eigenvalue weighted by molar-refractivity contribution is 0.614. The first-order valence-corrected chi connectivity index (χ1v) is 7.44. The number of nitrogens with zero attached hydrogens (tertiary/aromatic N) is 2. The zero-order valence-electron chi connectivity index (χ0n) is 11.7. The van der Waals surface area contributed by atoms with E-state index in [1.165, 1.54) is 11.3 Å². The molecule has 3 nitrogen and oxygen atoms in total. The minimum Gasteiger partial charge on any atom is -0.382 e. The fraction of sp³-hybridized carbons (Fsp3) is 0.400. The summed E-state index contributed by atoms with van der Waals surface area (Å²) < 4.78 is 3.19. The maximum absolute atomic E-state index is 4.60. The molecule has 19 heavy (non-hydrogen) atoms. The molecule has 2 aromatic rings. The number of aryl methyl sites for hydroxylation is 1. The molecule has 1 N–H and O–H groups in total. The summed E-state index contributed by atoms with van der Waals surface area (Å²) in [7, 11) is 0. The average molecular weight is 322 g/mol. The maximum Gasteiger partial charge on any atom is 0.0628 e. The molecule has 2 rings (SSSR count). The summed E-state index contributed by atoms with van der Waals surface area (Å²) in [6.07, 6.45) is 1.05. The van der Waals surface area contributed by atoms with Crippen LogP contribution < -0.4 is 5.32 Å². The number of hydrogen-bond donors (Lipinski definition) is 1. The standard InChI is InChI=1S/C15H20BrN3/c1-4-13-11(2)18-19(12(13)3)10-9-17-15-8-6-5-7-14(15)16/h5-8,17H,4,9-10H2,1-3H3. The molecule has 0 bridgehead atoms. The maximum atomic E-state index is 4.60. The van der Waals surface area contributed by atoms with E-state index < -0.39 is 0 Å². The van der Waals surface area contributed by atoms with Crippen LogP contribution in [0.15, 0.2) is 28.7 Å². The molecule has 102 valence electrons. The van der Waals surface area contributed by atoms with E-state index in [-0.39, 0.29) is 0 Å². The van der Waals surface area contributed by atoms with Crippen molar-refractivity contribution >= 4 is 21.6 Å². The molecule has 1 aromatic carbocycles. The molecule has 0 atom stereocenters. The van der Waals surface area contributed by atoms with Crippen molar-refractivity contribution in [2.45, 2.75) is 33.7 Å². The lowest BCUT2D eigenvalue weighted by Gasteiger charge is -2.09. The molecule has 4 heteroatoms. The quantitative estimate of drug-likeness (QED) is 0.904. The number of rotatable bonds is 5. The summed E-state index contributed by atoms with van der Waals surface area (Å²) in [6, 6.07) is 8.17. The third-order valence-corrected chi connectivity index (χ3v) is 4.09. The SMILES string of the molecule is CCc1c(C)nn(CCNc2ccccc2Br)c1C. The summed E-state index contributed by atoms with van der Waals surface area (Å²) in [5.74, 6) is 0. The molecule has 0 spiro atoms. The monoisotopic (exact) mass is 321 g/mol. The van der Waals surface area contributed by atoms with Crippen molar-refractivity contribution in [1.82, 2.24) is 9.78 Å². The van der Waals surface area contributed by atoms with Crippen molar-refractivity contribution in [3.8, 4) is 0 Å². The van der Waals surface area contributed by atoms with E-state index in [0.717, 1.165) is 35.4 Å². The van der Waals surface area contributed by atoms with E-state index in [1.807, 2.05) is 18.2 Å². The number of nitrogens with one attached hydrogen (secondary N) is 1. The van der Waals surface area contributed by atoms with Crippen molar-refractivity contribution in [2.24, 2.45) is 0 Å². The molecule has 0 unspecified atom stereocenters. The highest BCUT2D eigenvalue weighted by molar-refractivity contribution is 9.10. The smallest absolute Gasteiger partial charge is 0.0628 e. The van der Waals surface area contributed by atoms with Gasteiger partial charge in [0.05, 0.1) is 12.2 Å². The van der Waals surface area contributed by atoms with Gasteiger partial charge in [-0.3, -0.25) is 4.68 Å². The van der Waals surface area contributed by atoms with E-state index in [1.54, 1.807) is 0 Å². The van der Waals surface area contributed by atoms with Crippen LogP contribution in [-0.2, 0) is 13.0 Å². The first-order chi connectivity index (χ1) is 9.13. The zero-order valence-corrected chi connectivity index (χ0v) is 13.3. The lowest BCUT2D eigenvalue weighted by Crippen LogP contribution is -2.13. The Kier molecular flexibility index (Phi) is 4.64. The highest BCUT2D eigenvalue weighted by Crippen LogP contribution is 2.21. The molecular weight excluding hydrogens is 302 g/mol. The second-order valence-corrected chi connectivity index (χ2v) is 5.49. The number of halogens is 1. The minimum absolute atomic E-state index is 0.869. The molecular formula is C15H20BrN3. The Hall–Kier alpha value is -1.29. The summed E-state index contributed by atoms with van der Waals surface area (Å²) >= 11 is 3.54. The van der Waals surface area contributed by atoms with Crippen molar-refractivity contribution in [1.29, 1.82) is 0 Å². The Labute approximate surface area is 123 Å². The number of para-hydroxylation sites is 1. The van der Waals surface area contributed by atoms with Gasteiger partial charge in [-0.15, -0.1) is 0 Å². The van der Waals surface area contributed by atoms with Gasteiger partial charge in [0.1, 0.15) is 0 Å². The average Bonchev–Trinajstić information content (AvgIpc) is 2.66. The Bertz CT molecular complexity index is 561. The molecule has 1 aromatic heterocycles. The van der Waals surface area contributed by atoms with Gasteiger partial charge in [-0.05, 0) is 53.9 Å². The molecule has 0 fully saturated rings. The van der Waals surface area contributed by atoms with Crippen LogP contribution in [0.25, 0.3) is 0 Å². The van der Waals surface area contributed by atoms with E-state index in [0.29, 0.717) is 0 Å². The Balaban J connectivity index is 1.98. The van der Waals surface area contributed by atoms with Gasteiger partial charge in [-0.2, -0.15) is 5.10 Å². The van der Waals surface area contributed by atoms with Crippen molar-refractivity contribution < 1.29 is 0 Å². The van der Waals surface area contributed by atoms with E-state index >= 15 is 0 Å². The van der Waals surface area contributed by atoms with Crippen LogP contribution in [0, 0.1) is 13.8 Å². The summed E-state index contributed by atoms with van der Waals surface area (Å²) in [6.45, 7) is 8.17. The summed E-state index contributed by atoms with van der Waals surface area (Å²) in [5.41, 5.74) is 4.94. The second-order valence-electron chi connectivity index (χ2n) is 4.63. The Morgan fingerprint density at radius 1 is 1.26 bits per heavy atom. The topological polar surface area (TPSA) is 29.9 Å². The fourth-order valence-corrected chi connectivity index (χ4v) is 2.79. The Morgan fingerprint density at radius 2 is 2.00 bits per heavy atom. The molecule has 1 heterocycles. The van der Waals surface area contributed by atoms with Crippen LogP contribution in [0.2, 0.25) is 0 Å². The van der Waals surface area contributed by atoms with Crippen molar-refractivity contribution in [3.63, 3.8) is 0 Å². The summed E-state index contributed by atoms with van der Waals surface area (Å²) in [5, 5.41) is 8.03. The van der Waals surface area contributed by atoms with Gasteiger partial charge in [-0.25, -0.2) is 0 Å². The first-order valence-electron chi connectivity index (χ1n) is 6.64. The van der Waals surface area contributed by atoms with Gasteiger partial charge in [0, 0.05) is 22.4 Å². The predicted octanol–water partition coefficient (Wildman–Crippen LogP) is 3.94. The molecule has 0 aliphatic rings. The van der Waals surface area contributed by atoms with Crippen LogP contribution in [0.1, 0.15) is 23.9 Å². The van der Waals surface area contributed by atoms with Crippen LogP contribution >= 0.6 is 15.9 Å². The number of benzene rings is 1. The Morgan fingerprint density at radius 3 is 2.63 bits per heavy atom. The van der Waals surface area contributed by atoms with Gasteiger partial charge in [0.15, 0.2) is 0 Å². The van der Waals surface area contributed by atoms with Gasteiger partial charge in [-0.1, -0.05) is 19.1 Å². The second kappa shape index (κ2) is 6.24. The van der Waals surface area contributed by atoms with Crippen molar-refractivity contribution in [3.05, 3.63) is 45.7 Å². The van der Waals surface area contributed by atoms with Crippen LogP contribution in [-0.4, -0.2) is 16.3 Å². The normalized spacial score (nSPS) is 10.7. The lowest BCUT2D eigenvalue weighted by atomic mass is 10.1. The van der Waals surface area contributed by atoms with Gasteiger partial charge < -0.3 is 5.32 Å². The summed E-state index contributed by atoms with van der Waals surface area (Å²) in [4.78, 5) is 0. The van der Waals surface area contributed by atoms with E-state index in [2.05, 4.69) is 57.9 Å². The molecule has 0 saturated heterocycles. The first kappa shape index (κ1) is 14.1. The molecule has 0 saturated carbocycles. The number of anilines is 1. The minimum atomic E-state index is 0.869. The third kappa shape index (κ3) is 3.18. The largest absolute Gasteiger partial charge is 0.382 e. The highest BCUT2D eigenvalue weighted by Gasteiger charge is 2.09. The van der Waals surface area contributed by atoms with Crippen LogP contribution in [0.4, 0.5) is 5.69 Å². The van der Waals surface area contributed by atoms with Gasteiger partial charge in [0.2, 0.25) is 0 Å². The number of hydrogen-bond acceptors (Lipinski definition) is 2. The molecule has 0 aliphatic carbocycles. The van der Waals surface area contributed by atoms with E-state index in [4.69, 9.17) is 0 Å². The van der Waals surface area contributed by atoms with Crippen LogP contribution in [0.5, 0.6) is 0 Å². The van der Waals surface area contributed by atoms with Gasteiger partial charge >= 0.3 is 0 Å². The zero-order chi connectivity index (χ0) is 13.8. The van der Waals surface area contributed by atoms with Gasteiger partial charge in [0.25, 0.3) is 0 Å². The fourth-order valence-electron chi connectivity index (χ4n) is 2.36. The highest BCUT2D eigenvalue weighted by atomic mass is 79.9. The third-order valence-electron chi connectivity index (χ3n) is 3.40.